The standard InChI is InChI=1S/C30H26FNO6S/c31-22-8-4-7-21(16-22)27(33)15-14-26-29(32(30(26)35)23-9-2-1-3-10-23)25-13-12-20(18-28(25)34)19-6-5-11-24(17-19)39(36,37)38/h1-13,16-18,26-27,29,33-34H,14-15H2,(H,36,37,38)/t26-,27+,29-/m1/s1. The predicted octanol–water partition coefficient (Wildman–Crippen LogP) is 5.66. The van der Waals surface area contributed by atoms with Crippen LogP contribution < -0.4 is 4.90 Å². The van der Waals surface area contributed by atoms with E-state index in [0.29, 0.717) is 34.4 Å². The Morgan fingerprint density at radius 1 is 0.872 bits per heavy atom. The molecule has 3 atom stereocenters. The number of benzene rings is 4. The number of phenolic OH excluding ortho intramolecular Hbond substituents is 1. The highest BCUT2D eigenvalue weighted by Gasteiger charge is 2.49. The molecule has 1 saturated heterocycles. The summed E-state index contributed by atoms with van der Waals surface area (Å²) in [6.45, 7) is 0. The molecular formula is C30H26FNO6S. The van der Waals surface area contributed by atoms with Gasteiger partial charge >= 0.3 is 0 Å². The summed E-state index contributed by atoms with van der Waals surface area (Å²) in [6.07, 6.45) is -0.423. The number of phenols is 1. The highest BCUT2D eigenvalue weighted by molar-refractivity contribution is 7.85. The first kappa shape index (κ1) is 26.6. The second kappa shape index (κ2) is 10.6. The van der Waals surface area contributed by atoms with Crippen molar-refractivity contribution in [2.75, 3.05) is 4.90 Å². The van der Waals surface area contributed by atoms with E-state index in [1.165, 1.54) is 42.5 Å². The minimum absolute atomic E-state index is 0.0844. The molecule has 1 heterocycles. The molecule has 200 valence electrons. The van der Waals surface area contributed by atoms with Crippen LogP contribution in [0, 0.1) is 11.7 Å². The van der Waals surface area contributed by atoms with Gasteiger partial charge < -0.3 is 15.1 Å². The molecule has 7 nitrogen and oxygen atoms in total. The van der Waals surface area contributed by atoms with Crippen LogP contribution in [0.2, 0.25) is 0 Å². The van der Waals surface area contributed by atoms with E-state index in [1.807, 2.05) is 18.2 Å². The first-order valence-corrected chi connectivity index (χ1v) is 13.8. The Labute approximate surface area is 225 Å². The molecule has 39 heavy (non-hydrogen) atoms. The molecule has 0 aromatic heterocycles. The number of rotatable bonds is 8. The number of aromatic hydroxyl groups is 1. The molecule has 3 N–H and O–H groups in total. The molecule has 4 aromatic rings. The van der Waals surface area contributed by atoms with Crippen LogP contribution in [0.1, 0.15) is 36.1 Å². The zero-order valence-corrected chi connectivity index (χ0v) is 21.5. The summed E-state index contributed by atoms with van der Waals surface area (Å²) in [6, 6.07) is 24.9. The highest BCUT2D eigenvalue weighted by Crippen LogP contribution is 2.49. The third-order valence-corrected chi connectivity index (χ3v) is 7.90. The van der Waals surface area contributed by atoms with Crippen molar-refractivity contribution in [1.82, 2.24) is 0 Å². The number of hydrogen-bond acceptors (Lipinski definition) is 5. The van der Waals surface area contributed by atoms with E-state index in [2.05, 4.69) is 0 Å². The van der Waals surface area contributed by atoms with E-state index in [4.69, 9.17) is 0 Å². The lowest BCUT2D eigenvalue weighted by atomic mass is 9.77. The van der Waals surface area contributed by atoms with Crippen molar-refractivity contribution in [2.24, 2.45) is 5.92 Å². The number of halogens is 1. The van der Waals surface area contributed by atoms with Crippen LogP contribution in [0.15, 0.2) is 102 Å². The van der Waals surface area contributed by atoms with E-state index in [1.54, 1.807) is 41.3 Å². The molecule has 0 spiro atoms. The zero-order valence-electron chi connectivity index (χ0n) is 20.7. The van der Waals surface area contributed by atoms with Crippen LogP contribution in [-0.2, 0) is 14.9 Å². The average molecular weight is 548 g/mol. The van der Waals surface area contributed by atoms with Gasteiger partial charge in [-0.2, -0.15) is 8.42 Å². The molecule has 9 heteroatoms. The van der Waals surface area contributed by atoms with Crippen LogP contribution in [-0.4, -0.2) is 29.1 Å². The van der Waals surface area contributed by atoms with Crippen LogP contribution in [0.3, 0.4) is 0 Å². The molecule has 0 radical (unpaired) electrons. The van der Waals surface area contributed by atoms with Gasteiger partial charge in [-0.15, -0.1) is 0 Å². The Kier molecular flexibility index (Phi) is 7.22. The fourth-order valence-corrected chi connectivity index (χ4v) is 5.62. The van der Waals surface area contributed by atoms with Crippen LogP contribution in [0.4, 0.5) is 10.1 Å². The van der Waals surface area contributed by atoms with Crippen LogP contribution in [0.25, 0.3) is 11.1 Å². The van der Waals surface area contributed by atoms with Crippen LogP contribution >= 0.6 is 0 Å². The van der Waals surface area contributed by atoms with Gasteiger partial charge in [0, 0.05) is 11.3 Å². The number of carbonyl (C=O) groups is 1. The lowest BCUT2D eigenvalue weighted by molar-refractivity contribution is -0.131. The summed E-state index contributed by atoms with van der Waals surface area (Å²) in [4.78, 5) is 14.6. The summed E-state index contributed by atoms with van der Waals surface area (Å²) in [5.74, 6) is -1.22. The molecule has 0 aliphatic carbocycles. The second-order valence-electron chi connectivity index (χ2n) is 9.52. The van der Waals surface area contributed by atoms with Gasteiger partial charge in [-0.05, 0) is 72.0 Å². The number of anilines is 1. The number of carbonyl (C=O) groups excluding carboxylic acids is 1. The molecule has 1 fully saturated rings. The molecule has 0 bridgehead atoms. The SMILES string of the molecule is O=C1[C@H](CC[C@H](O)c2cccc(F)c2)[C@@H](c2ccc(-c3cccc(S(=O)(=O)O)c3)cc2O)N1c1ccccc1. The van der Waals surface area contributed by atoms with Gasteiger partial charge in [0.25, 0.3) is 10.1 Å². The number of amides is 1. The number of aliphatic hydroxyl groups excluding tert-OH is 1. The summed E-state index contributed by atoms with van der Waals surface area (Å²) in [5, 5.41) is 21.7. The number of para-hydroxylation sites is 1. The van der Waals surface area contributed by atoms with Gasteiger partial charge in [-0.1, -0.05) is 54.6 Å². The average Bonchev–Trinajstić information content (AvgIpc) is 2.92. The Morgan fingerprint density at radius 3 is 2.28 bits per heavy atom. The summed E-state index contributed by atoms with van der Waals surface area (Å²) in [7, 11) is -4.40. The van der Waals surface area contributed by atoms with E-state index in [-0.39, 0.29) is 23.0 Å². The fraction of sp³-hybridized carbons (Fsp3) is 0.167. The maximum Gasteiger partial charge on any atom is 0.294 e. The topological polar surface area (TPSA) is 115 Å². The van der Waals surface area contributed by atoms with E-state index in [9.17, 15) is 32.4 Å². The van der Waals surface area contributed by atoms with Crippen molar-refractivity contribution in [3.8, 4) is 16.9 Å². The van der Waals surface area contributed by atoms with Crippen molar-refractivity contribution < 1.29 is 32.4 Å². The maximum atomic E-state index is 13.6. The van der Waals surface area contributed by atoms with Crippen molar-refractivity contribution in [3.63, 3.8) is 0 Å². The molecule has 1 amide bonds. The number of β-lactam (4-membered cyclic amide) rings is 1. The molecule has 1 aliphatic heterocycles. The third-order valence-electron chi connectivity index (χ3n) is 7.05. The van der Waals surface area contributed by atoms with E-state index >= 15 is 0 Å². The first-order chi connectivity index (χ1) is 18.6. The molecule has 0 unspecified atom stereocenters. The molecule has 5 rings (SSSR count). The van der Waals surface area contributed by atoms with Gasteiger partial charge in [0.15, 0.2) is 0 Å². The monoisotopic (exact) mass is 547 g/mol. The Bertz CT molecular complexity index is 1630. The number of nitrogens with zero attached hydrogens (tertiary/aromatic N) is 1. The summed E-state index contributed by atoms with van der Waals surface area (Å²) < 4.78 is 46.1. The van der Waals surface area contributed by atoms with Gasteiger partial charge in [-0.25, -0.2) is 4.39 Å². The van der Waals surface area contributed by atoms with Gasteiger partial charge in [0.2, 0.25) is 5.91 Å². The maximum absolute atomic E-state index is 13.6. The minimum Gasteiger partial charge on any atom is -0.508 e. The lowest BCUT2D eigenvalue weighted by Crippen LogP contribution is -2.55. The van der Waals surface area contributed by atoms with E-state index in [0.717, 1.165) is 0 Å². The summed E-state index contributed by atoms with van der Waals surface area (Å²) >= 11 is 0. The number of aliphatic hydroxyl groups is 1. The normalized spacial score (nSPS) is 18.0. The van der Waals surface area contributed by atoms with Gasteiger partial charge in [0.05, 0.1) is 23.0 Å². The fourth-order valence-electron chi connectivity index (χ4n) is 5.09. The Morgan fingerprint density at radius 2 is 1.59 bits per heavy atom. The molecule has 1 aliphatic rings. The minimum atomic E-state index is -4.40. The first-order valence-electron chi connectivity index (χ1n) is 12.4. The largest absolute Gasteiger partial charge is 0.508 e. The second-order valence-corrected chi connectivity index (χ2v) is 10.9. The molecular weight excluding hydrogens is 521 g/mol. The van der Waals surface area contributed by atoms with Crippen molar-refractivity contribution in [1.29, 1.82) is 0 Å². The third kappa shape index (κ3) is 5.42. The van der Waals surface area contributed by atoms with Crippen molar-refractivity contribution in [3.05, 3.63) is 114 Å². The number of hydrogen-bond donors (Lipinski definition) is 3. The Hall–Kier alpha value is -4.05. The molecule has 4 aromatic carbocycles. The quantitative estimate of drug-likeness (QED) is 0.194. The Balaban J connectivity index is 1.45. The van der Waals surface area contributed by atoms with Crippen molar-refractivity contribution >= 4 is 21.7 Å². The summed E-state index contributed by atoms with van der Waals surface area (Å²) in [5.41, 5.74) is 2.60. The van der Waals surface area contributed by atoms with E-state index < -0.39 is 34.0 Å². The highest BCUT2D eigenvalue weighted by atomic mass is 32.2. The van der Waals surface area contributed by atoms with Crippen LogP contribution in [0.5, 0.6) is 5.75 Å². The molecule has 0 saturated carbocycles. The van der Waals surface area contributed by atoms with Crippen molar-refractivity contribution in [2.45, 2.75) is 29.9 Å². The predicted molar refractivity (Wildman–Crippen MR) is 144 cm³/mol. The lowest BCUT2D eigenvalue weighted by Gasteiger charge is -2.48. The van der Waals surface area contributed by atoms with Gasteiger partial charge in [0.1, 0.15) is 11.6 Å². The smallest absolute Gasteiger partial charge is 0.294 e. The zero-order chi connectivity index (χ0) is 27.7. The van der Waals surface area contributed by atoms with Gasteiger partial charge in [-0.3, -0.25) is 9.35 Å².